The quantitative estimate of drug-likeness (QED) is 0.130. The van der Waals surface area contributed by atoms with E-state index in [-0.39, 0.29) is 48.7 Å². The number of anilines is 1. The zero-order chi connectivity index (χ0) is 35.0. The molecule has 4 N–H and O–H groups in total. The van der Waals surface area contributed by atoms with E-state index in [9.17, 15) is 37.3 Å². The summed E-state index contributed by atoms with van der Waals surface area (Å²) < 4.78 is 68.6. The predicted octanol–water partition coefficient (Wildman–Crippen LogP) is 3.33. The molecular formula is C29H31F4N5O10. The summed E-state index contributed by atoms with van der Waals surface area (Å²) in [5.41, 5.74) is 1.23. The Labute approximate surface area is 269 Å². The van der Waals surface area contributed by atoms with Crippen molar-refractivity contribution in [1.82, 2.24) is 14.9 Å². The molecule has 2 atom stereocenters. The number of piperidine rings is 1. The summed E-state index contributed by atoms with van der Waals surface area (Å²) in [6.45, 7) is 2.20. The summed E-state index contributed by atoms with van der Waals surface area (Å²) in [5, 5.41) is 38.3. The van der Waals surface area contributed by atoms with Gasteiger partial charge in [-0.2, -0.15) is 0 Å². The van der Waals surface area contributed by atoms with Gasteiger partial charge in [-0.05, 0) is 41.3 Å². The summed E-state index contributed by atoms with van der Waals surface area (Å²) in [6, 6.07) is 10.4. The van der Waals surface area contributed by atoms with Crippen molar-refractivity contribution in [1.29, 1.82) is 0 Å². The number of nitrogens with zero attached hydrogens (tertiary/aromatic N) is 4. The lowest BCUT2D eigenvalue weighted by Crippen LogP contribution is -2.41. The van der Waals surface area contributed by atoms with Crippen LogP contribution in [0.1, 0.15) is 24.8 Å². The van der Waals surface area contributed by atoms with E-state index < -0.39 is 35.7 Å². The van der Waals surface area contributed by atoms with Gasteiger partial charge in [-0.25, -0.2) is 9.18 Å². The topological polar surface area (TPSA) is 199 Å². The summed E-state index contributed by atoms with van der Waals surface area (Å²) in [6.07, 6.45) is -4.75. The number of ether oxygens (including phenoxy) is 3. The Morgan fingerprint density at radius 1 is 1.12 bits per heavy atom. The van der Waals surface area contributed by atoms with E-state index in [4.69, 9.17) is 24.8 Å². The van der Waals surface area contributed by atoms with Gasteiger partial charge in [0.15, 0.2) is 6.10 Å². The molecule has 19 heteroatoms. The van der Waals surface area contributed by atoms with Crippen LogP contribution in [0.15, 0.2) is 48.7 Å². The molecule has 0 unspecified atom stereocenters. The van der Waals surface area contributed by atoms with Crippen LogP contribution in [0.5, 0.6) is 17.5 Å². The average molecular weight is 686 g/mol. The van der Waals surface area contributed by atoms with Gasteiger partial charge >= 0.3 is 30.1 Å². The van der Waals surface area contributed by atoms with Gasteiger partial charge in [-0.1, -0.05) is 6.07 Å². The van der Waals surface area contributed by atoms with Crippen molar-refractivity contribution < 1.29 is 61.6 Å². The van der Waals surface area contributed by atoms with Crippen molar-refractivity contribution >= 4 is 23.4 Å². The second-order valence-corrected chi connectivity index (χ2v) is 10.7. The molecule has 1 fully saturated rings. The average Bonchev–Trinajstić information content (AvgIpc) is 3.45. The molecule has 2 aliphatic rings. The van der Waals surface area contributed by atoms with Gasteiger partial charge in [0.05, 0.1) is 12.5 Å². The number of halogens is 4. The van der Waals surface area contributed by atoms with E-state index in [0.717, 1.165) is 5.69 Å². The standard InChI is InChI=1S/C25H25F4N5O5.C4H6O5/c26-22-11-18(2-1-16(22)12-30-17-13-33-14-23(34(35)36)31-24(33)37-15-17)32-9-7-20(8-10-32)38-19-3-5-21(6-4-19)39-25(27,28)29;5-2(4(8)9)1-3(6)7/h1-6,11,14,17,20,30H,7-10,12-13,15H2;2,5H,1H2,(H,6,7)(H,8,9)/t17-;2-/m00/s1. The Morgan fingerprint density at radius 2 is 1.79 bits per heavy atom. The largest absolute Gasteiger partial charge is 0.573 e. The SMILES string of the molecule is O=C(O)C[C@H](O)C(=O)O.O=[N+]([O-])c1cn2c(n1)OC[C@@H](NCc1ccc(N3CCC(Oc4ccc(OC(F)(F)F)cc4)CC3)cc1F)C2. The number of rotatable bonds is 11. The molecule has 48 heavy (non-hydrogen) atoms. The molecule has 0 saturated carbocycles. The minimum atomic E-state index is -4.74. The van der Waals surface area contributed by atoms with E-state index in [1.807, 2.05) is 6.07 Å². The molecule has 3 aromatic rings. The van der Waals surface area contributed by atoms with Crippen molar-refractivity contribution in [2.45, 2.75) is 57.0 Å². The monoisotopic (exact) mass is 685 g/mol. The molecule has 15 nitrogen and oxygen atoms in total. The molecule has 5 rings (SSSR count). The van der Waals surface area contributed by atoms with Gasteiger partial charge in [0.1, 0.15) is 36.2 Å². The lowest BCUT2D eigenvalue weighted by molar-refractivity contribution is -0.389. The molecule has 0 spiro atoms. The van der Waals surface area contributed by atoms with Crippen molar-refractivity contribution in [3.63, 3.8) is 0 Å². The Kier molecular flexibility index (Phi) is 11.6. The second kappa shape index (κ2) is 15.6. The van der Waals surface area contributed by atoms with Crippen molar-refractivity contribution in [2.75, 3.05) is 24.6 Å². The number of carbonyl (C=O) groups is 2. The number of nitro groups is 1. The number of aromatic nitrogens is 2. The van der Waals surface area contributed by atoms with Crippen LogP contribution in [0, 0.1) is 15.9 Å². The number of benzene rings is 2. The summed E-state index contributed by atoms with van der Waals surface area (Å²) in [7, 11) is 0. The number of nitrogens with one attached hydrogen (secondary N) is 1. The molecule has 1 aromatic heterocycles. The van der Waals surface area contributed by atoms with Gasteiger partial charge < -0.3 is 49.9 Å². The number of imidazole rings is 1. The fraction of sp³-hybridized carbons (Fsp3) is 0.414. The third-order valence-electron chi connectivity index (χ3n) is 7.18. The van der Waals surface area contributed by atoms with E-state index in [1.165, 1.54) is 36.5 Å². The molecule has 3 heterocycles. The molecular weight excluding hydrogens is 654 g/mol. The van der Waals surface area contributed by atoms with Crippen LogP contribution in [-0.2, 0) is 22.7 Å². The Bertz CT molecular complexity index is 1580. The summed E-state index contributed by atoms with van der Waals surface area (Å²) >= 11 is 0. The molecule has 1 saturated heterocycles. The lowest BCUT2D eigenvalue weighted by Gasteiger charge is -2.34. The van der Waals surface area contributed by atoms with Gasteiger partial charge in [0, 0.05) is 55.3 Å². The number of carboxylic acids is 2. The highest BCUT2D eigenvalue weighted by atomic mass is 19.4. The molecule has 0 amide bonds. The van der Waals surface area contributed by atoms with Crippen LogP contribution in [0.4, 0.5) is 29.1 Å². The van der Waals surface area contributed by atoms with E-state index in [0.29, 0.717) is 43.8 Å². The van der Waals surface area contributed by atoms with Crippen molar-refractivity contribution in [2.24, 2.45) is 0 Å². The maximum absolute atomic E-state index is 14.9. The van der Waals surface area contributed by atoms with Crippen molar-refractivity contribution in [3.05, 3.63) is 70.2 Å². The number of carboxylic acid groups (broad SMARTS) is 2. The first-order valence-corrected chi connectivity index (χ1v) is 14.4. The number of aliphatic hydroxyl groups excluding tert-OH is 1. The van der Waals surface area contributed by atoms with Gasteiger partial charge in [-0.15, -0.1) is 13.2 Å². The summed E-state index contributed by atoms with van der Waals surface area (Å²) in [4.78, 5) is 35.6. The number of alkyl halides is 3. The highest BCUT2D eigenvalue weighted by molar-refractivity contribution is 5.79. The fourth-order valence-electron chi connectivity index (χ4n) is 4.84. The van der Waals surface area contributed by atoms with Gasteiger partial charge in [0.2, 0.25) is 0 Å². The first kappa shape index (κ1) is 35.7. The number of hydrogen-bond acceptors (Lipinski definition) is 11. The third-order valence-corrected chi connectivity index (χ3v) is 7.18. The van der Waals surface area contributed by atoms with Crippen LogP contribution in [0.25, 0.3) is 0 Å². The third kappa shape index (κ3) is 10.4. The number of aliphatic carboxylic acids is 2. The molecule has 2 aromatic carbocycles. The zero-order valence-corrected chi connectivity index (χ0v) is 25.0. The lowest BCUT2D eigenvalue weighted by atomic mass is 10.1. The zero-order valence-electron chi connectivity index (χ0n) is 25.0. The number of aliphatic hydroxyl groups is 1. The molecule has 0 aliphatic carbocycles. The molecule has 260 valence electrons. The van der Waals surface area contributed by atoms with Crippen LogP contribution < -0.4 is 24.4 Å². The maximum Gasteiger partial charge on any atom is 0.573 e. The highest BCUT2D eigenvalue weighted by Gasteiger charge is 2.31. The first-order valence-electron chi connectivity index (χ1n) is 14.4. The molecule has 0 radical (unpaired) electrons. The van der Waals surface area contributed by atoms with Crippen molar-refractivity contribution in [3.8, 4) is 17.5 Å². The maximum atomic E-state index is 14.9. The first-order chi connectivity index (χ1) is 22.7. The number of fused-ring (bicyclic) bond motifs is 1. The van der Waals surface area contributed by atoms with Crippen LogP contribution >= 0.6 is 0 Å². The summed E-state index contributed by atoms with van der Waals surface area (Å²) in [5.74, 6) is -3.33. The van der Waals surface area contributed by atoms with Gasteiger partial charge in [0.25, 0.3) is 0 Å². The Balaban J connectivity index is 0.000000508. The minimum Gasteiger partial charge on any atom is -0.490 e. The fourth-order valence-corrected chi connectivity index (χ4v) is 4.84. The number of hydrogen-bond donors (Lipinski definition) is 4. The molecule has 2 aliphatic heterocycles. The van der Waals surface area contributed by atoms with E-state index in [1.54, 1.807) is 10.6 Å². The Morgan fingerprint density at radius 3 is 2.35 bits per heavy atom. The highest BCUT2D eigenvalue weighted by Crippen LogP contribution is 2.28. The van der Waals surface area contributed by atoms with Gasteiger partial charge in [-0.3, -0.25) is 9.36 Å². The van der Waals surface area contributed by atoms with Crippen LogP contribution in [0.3, 0.4) is 0 Å². The Hall–Kier alpha value is -5.17. The molecule has 0 bridgehead atoms. The van der Waals surface area contributed by atoms with Crippen LogP contribution in [0.2, 0.25) is 0 Å². The van der Waals surface area contributed by atoms with E-state index >= 15 is 0 Å². The normalized spacial score (nSPS) is 16.9. The predicted molar refractivity (Wildman–Crippen MR) is 156 cm³/mol. The second-order valence-electron chi connectivity index (χ2n) is 10.7. The van der Waals surface area contributed by atoms with Crippen LogP contribution in [-0.4, -0.2) is 86.0 Å². The van der Waals surface area contributed by atoms with E-state index in [2.05, 4.69) is 19.9 Å². The smallest absolute Gasteiger partial charge is 0.490 e. The minimum absolute atomic E-state index is 0.112.